The average Bonchev–Trinajstić information content (AvgIpc) is 3.50. The molecule has 2 heterocycles. The number of hydrogen-bond acceptors (Lipinski definition) is 7. The zero-order valence-electron chi connectivity index (χ0n) is 26.7. The Kier molecular flexibility index (Phi) is 11.1. The maximum atomic E-state index is 13.8. The number of anilines is 2. The summed E-state index contributed by atoms with van der Waals surface area (Å²) in [5.74, 6) is -0.885. The highest BCUT2D eigenvalue weighted by atomic mass is 16.5. The Bertz CT molecular complexity index is 1580. The third-order valence-electron chi connectivity index (χ3n) is 8.50. The number of carboxylic acid groups (broad SMARTS) is 1. The maximum absolute atomic E-state index is 13.8. The van der Waals surface area contributed by atoms with Crippen molar-refractivity contribution in [2.75, 3.05) is 57.0 Å². The topological polar surface area (TPSA) is 141 Å². The number of nitrogens with zero attached hydrogens (tertiary/aromatic N) is 3. The van der Waals surface area contributed by atoms with Crippen molar-refractivity contribution in [1.29, 1.82) is 0 Å². The maximum Gasteiger partial charge on any atom is 0.323 e. The Balaban J connectivity index is 1.26. The Morgan fingerprint density at radius 3 is 2.28 bits per heavy atom. The van der Waals surface area contributed by atoms with E-state index in [0.717, 1.165) is 11.1 Å². The quantitative estimate of drug-likeness (QED) is 0.288. The van der Waals surface area contributed by atoms with E-state index in [2.05, 4.69) is 10.6 Å². The normalized spacial score (nSPS) is 18.1. The van der Waals surface area contributed by atoms with Crippen molar-refractivity contribution in [2.45, 2.75) is 38.5 Å². The summed E-state index contributed by atoms with van der Waals surface area (Å²) < 4.78 is 11.7. The van der Waals surface area contributed by atoms with Gasteiger partial charge < -0.3 is 35.0 Å². The summed E-state index contributed by atoms with van der Waals surface area (Å²) in [6, 6.07) is 21.2. The van der Waals surface area contributed by atoms with Gasteiger partial charge in [0.15, 0.2) is 0 Å². The highest BCUT2D eigenvalue weighted by molar-refractivity contribution is 6.01. The molecule has 0 radical (unpaired) electrons. The van der Waals surface area contributed by atoms with Crippen molar-refractivity contribution < 1.29 is 33.8 Å². The van der Waals surface area contributed by atoms with Gasteiger partial charge in [0, 0.05) is 44.8 Å². The van der Waals surface area contributed by atoms with Crippen LogP contribution in [-0.4, -0.2) is 102 Å². The van der Waals surface area contributed by atoms with E-state index < -0.39 is 18.0 Å². The van der Waals surface area contributed by atoms with Gasteiger partial charge in [-0.3, -0.25) is 19.3 Å². The summed E-state index contributed by atoms with van der Waals surface area (Å²) >= 11 is 0. The van der Waals surface area contributed by atoms with Crippen LogP contribution in [0.25, 0.3) is 0 Å². The van der Waals surface area contributed by atoms with Crippen molar-refractivity contribution in [2.24, 2.45) is 0 Å². The van der Waals surface area contributed by atoms with Crippen LogP contribution < -0.4 is 15.4 Å². The number of para-hydroxylation sites is 1. The first kappa shape index (κ1) is 33.4. The number of carbonyl (C=O) groups is 4. The molecule has 2 fully saturated rings. The van der Waals surface area contributed by atoms with E-state index in [1.807, 2.05) is 61.5 Å². The molecule has 3 aromatic rings. The molecule has 0 saturated carbocycles. The molecule has 248 valence electrons. The number of aliphatic carboxylic acids is 1. The fraction of sp³-hybridized carbons (Fsp3) is 0.371. The Morgan fingerprint density at radius 1 is 0.872 bits per heavy atom. The molecule has 47 heavy (non-hydrogen) atoms. The van der Waals surface area contributed by atoms with E-state index in [1.165, 1.54) is 7.11 Å². The van der Waals surface area contributed by atoms with Gasteiger partial charge in [-0.1, -0.05) is 54.6 Å². The molecule has 12 heteroatoms. The number of piperazine rings is 1. The predicted molar refractivity (Wildman–Crippen MR) is 176 cm³/mol. The Morgan fingerprint density at radius 2 is 1.57 bits per heavy atom. The molecule has 4 amide bonds. The van der Waals surface area contributed by atoms with Crippen LogP contribution in [0.2, 0.25) is 0 Å². The first-order chi connectivity index (χ1) is 22.7. The number of carboxylic acids is 1. The van der Waals surface area contributed by atoms with E-state index in [0.29, 0.717) is 61.9 Å². The van der Waals surface area contributed by atoms with Gasteiger partial charge in [-0.25, -0.2) is 4.79 Å². The second kappa shape index (κ2) is 15.6. The zero-order valence-corrected chi connectivity index (χ0v) is 26.7. The number of ether oxygens (including phenoxy) is 2. The van der Waals surface area contributed by atoms with Crippen molar-refractivity contribution in [3.63, 3.8) is 0 Å². The van der Waals surface area contributed by atoms with Crippen molar-refractivity contribution in [3.05, 3.63) is 89.5 Å². The SMILES string of the molecule is COc1cc(CC(=O)N2C[C@H](OCc3ccccc3)C[C@H]2C(=O)N2CCN(CC(=O)O)CC2)ccc1NC(=O)Nc1ccccc1C. The van der Waals surface area contributed by atoms with Crippen LogP contribution in [0.3, 0.4) is 0 Å². The van der Waals surface area contributed by atoms with E-state index in [9.17, 15) is 19.2 Å². The minimum absolute atomic E-state index is 0.0214. The van der Waals surface area contributed by atoms with Crippen LogP contribution in [0.4, 0.5) is 16.2 Å². The molecule has 0 aromatic heterocycles. The van der Waals surface area contributed by atoms with E-state index in [4.69, 9.17) is 14.6 Å². The van der Waals surface area contributed by atoms with Crippen molar-refractivity contribution in [1.82, 2.24) is 14.7 Å². The van der Waals surface area contributed by atoms with Crippen LogP contribution in [0.5, 0.6) is 5.75 Å². The summed E-state index contributed by atoms with van der Waals surface area (Å²) in [5, 5.41) is 14.8. The zero-order chi connectivity index (χ0) is 33.3. The largest absolute Gasteiger partial charge is 0.495 e. The number of rotatable bonds is 11. The number of likely N-dealkylation sites (tertiary alicyclic amines) is 1. The van der Waals surface area contributed by atoms with Gasteiger partial charge in [0.1, 0.15) is 11.8 Å². The summed E-state index contributed by atoms with van der Waals surface area (Å²) in [4.78, 5) is 56.6. The summed E-state index contributed by atoms with van der Waals surface area (Å²) in [6.45, 7) is 4.17. The third kappa shape index (κ3) is 8.87. The molecule has 2 aliphatic rings. The monoisotopic (exact) mass is 643 g/mol. The Labute approximate surface area is 274 Å². The van der Waals surface area contributed by atoms with Crippen molar-refractivity contribution >= 4 is 35.2 Å². The fourth-order valence-electron chi connectivity index (χ4n) is 5.96. The molecular formula is C35H41N5O7. The van der Waals surface area contributed by atoms with Crippen LogP contribution in [0.1, 0.15) is 23.1 Å². The smallest absolute Gasteiger partial charge is 0.323 e. The lowest BCUT2D eigenvalue weighted by atomic mass is 10.1. The van der Waals surface area contributed by atoms with Gasteiger partial charge in [-0.05, 0) is 41.8 Å². The highest BCUT2D eigenvalue weighted by Crippen LogP contribution is 2.29. The van der Waals surface area contributed by atoms with Crippen LogP contribution in [0, 0.1) is 6.92 Å². The second-order valence-electron chi connectivity index (χ2n) is 11.8. The standard InChI is InChI=1S/C35H41N5O7/c1-24-8-6-7-11-28(24)36-35(45)37-29-13-12-26(18-31(29)46-2)19-32(41)40-21-27(47-23-25-9-4-3-5-10-25)20-30(40)34(44)39-16-14-38(15-17-39)22-33(42)43/h3-13,18,27,30H,14-17,19-23H2,1-2H3,(H,42,43)(H2,36,37,45)/t27-,30+/m1/s1. The molecule has 5 rings (SSSR count). The number of benzene rings is 3. The molecule has 0 unspecified atom stereocenters. The molecule has 12 nitrogen and oxygen atoms in total. The van der Waals surface area contributed by atoms with E-state index in [-0.39, 0.29) is 37.4 Å². The number of hydrogen-bond donors (Lipinski definition) is 3. The van der Waals surface area contributed by atoms with Gasteiger partial charge in [-0.15, -0.1) is 0 Å². The van der Waals surface area contributed by atoms with Gasteiger partial charge in [0.25, 0.3) is 0 Å². The van der Waals surface area contributed by atoms with Gasteiger partial charge in [0.05, 0.1) is 38.5 Å². The van der Waals surface area contributed by atoms with Gasteiger partial charge >= 0.3 is 12.0 Å². The van der Waals surface area contributed by atoms with Crippen molar-refractivity contribution in [3.8, 4) is 5.75 Å². The number of amides is 4. The average molecular weight is 644 g/mol. The third-order valence-corrected chi connectivity index (χ3v) is 8.50. The van der Waals surface area contributed by atoms with Crippen LogP contribution >= 0.6 is 0 Å². The summed E-state index contributed by atoms with van der Waals surface area (Å²) in [7, 11) is 1.49. The molecule has 3 N–H and O–H groups in total. The predicted octanol–water partition coefficient (Wildman–Crippen LogP) is 3.61. The first-order valence-corrected chi connectivity index (χ1v) is 15.7. The lowest BCUT2D eigenvalue weighted by Crippen LogP contribution is -2.55. The lowest BCUT2D eigenvalue weighted by molar-refractivity contribution is -0.145. The minimum atomic E-state index is -0.901. The Hall–Kier alpha value is -4.94. The number of methoxy groups -OCH3 is 1. The molecule has 0 aliphatic carbocycles. The molecule has 2 atom stereocenters. The number of aryl methyl sites for hydroxylation is 1. The molecular weight excluding hydrogens is 602 g/mol. The lowest BCUT2D eigenvalue weighted by Gasteiger charge is -2.36. The molecule has 0 spiro atoms. The molecule has 2 aliphatic heterocycles. The fourth-order valence-corrected chi connectivity index (χ4v) is 5.96. The summed E-state index contributed by atoms with van der Waals surface area (Å²) in [6.07, 6.45) is 0.0667. The first-order valence-electron chi connectivity index (χ1n) is 15.7. The molecule has 2 saturated heterocycles. The minimum Gasteiger partial charge on any atom is -0.495 e. The van der Waals surface area contributed by atoms with E-state index in [1.54, 1.807) is 32.9 Å². The van der Waals surface area contributed by atoms with Gasteiger partial charge in [0.2, 0.25) is 11.8 Å². The number of carbonyl (C=O) groups excluding carboxylic acids is 3. The van der Waals surface area contributed by atoms with E-state index >= 15 is 0 Å². The van der Waals surface area contributed by atoms with Crippen LogP contribution in [0.15, 0.2) is 72.8 Å². The molecule has 0 bridgehead atoms. The number of nitrogens with one attached hydrogen (secondary N) is 2. The summed E-state index contributed by atoms with van der Waals surface area (Å²) in [5.41, 5.74) is 3.73. The molecule has 3 aromatic carbocycles. The van der Waals surface area contributed by atoms with Crippen LogP contribution in [-0.2, 0) is 32.1 Å². The number of urea groups is 1. The second-order valence-corrected chi connectivity index (χ2v) is 11.8. The highest BCUT2D eigenvalue weighted by Gasteiger charge is 2.42. The van der Waals surface area contributed by atoms with Gasteiger partial charge in [-0.2, -0.15) is 0 Å².